The number of ketones is 2. The van der Waals surface area contributed by atoms with Crippen LogP contribution in [0.2, 0.25) is 0 Å². The van der Waals surface area contributed by atoms with Crippen LogP contribution >= 0.6 is 0 Å². The van der Waals surface area contributed by atoms with E-state index in [1.807, 2.05) is 0 Å². The third-order valence-electron chi connectivity index (χ3n) is 3.56. The van der Waals surface area contributed by atoms with Gasteiger partial charge in [-0.15, -0.1) is 0 Å². The third-order valence-corrected chi connectivity index (χ3v) is 3.56. The van der Waals surface area contributed by atoms with Crippen LogP contribution in [0.5, 0.6) is 23.0 Å². The Labute approximate surface area is 123 Å². The summed E-state index contributed by atoms with van der Waals surface area (Å²) in [5.74, 6) is -4.69. The standard InChI is InChI=1S/C15H10O7/c16-4-5-1-6-10(8(17)2-5)14(21)11-7(12(6)19)3-9(18)13(20)15(11)22/h1-3,16-18,20,22H,4H2. The van der Waals surface area contributed by atoms with Crippen LogP contribution in [0, 0.1) is 0 Å². The quantitative estimate of drug-likeness (QED) is 0.419. The third kappa shape index (κ3) is 1.66. The minimum atomic E-state index is -0.926. The summed E-state index contributed by atoms with van der Waals surface area (Å²) in [4.78, 5) is 24.9. The van der Waals surface area contributed by atoms with Gasteiger partial charge in [-0.05, 0) is 23.8 Å². The van der Waals surface area contributed by atoms with Crippen LogP contribution in [0.15, 0.2) is 18.2 Å². The van der Waals surface area contributed by atoms with E-state index in [0.717, 1.165) is 12.1 Å². The number of carbonyl (C=O) groups is 2. The molecule has 0 saturated carbocycles. The van der Waals surface area contributed by atoms with Gasteiger partial charge >= 0.3 is 0 Å². The molecule has 5 N–H and O–H groups in total. The maximum Gasteiger partial charge on any atom is 0.202 e. The Morgan fingerprint density at radius 2 is 1.36 bits per heavy atom. The van der Waals surface area contributed by atoms with Gasteiger partial charge < -0.3 is 25.5 Å². The molecule has 1 aliphatic carbocycles. The van der Waals surface area contributed by atoms with Crippen molar-refractivity contribution < 1.29 is 35.1 Å². The van der Waals surface area contributed by atoms with Gasteiger partial charge in [-0.25, -0.2) is 0 Å². The minimum absolute atomic E-state index is 0.147. The normalized spacial score (nSPS) is 13.0. The molecule has 1 aliphatic rings. The molecule has 0 radical (unpaired) electrons. The molecule has 0 spiro atoms. The fraction of sp³-hybridized carbons (Fsp3) is 0.0667. The molecule has 7 heteroatoms. The van der Waals surface area contributed by atoms with Gasteiger partial charge in [0, 0.05) is 11.1 Å². The summed E-state index contributed by atoms with van der Waals surface area (Å²) in [6.07, 6.45) is 0. The molecule has 0 bridgehead atoms. The van der Waals surface area contributed by atoms with Gasteiger partial charge in [0.1, 0.15) is 5.75 Å². The second-order valence-corrected chi connectivity index (χ2v) is 4.87. The maximum absolute atomic E-state index is 12.4. The molecule has 2 aromatic rings. The first kappa shape index (κ1) is 13.9. The fourth-order valence-electron chi connectivity index (χ4n) is 2.52. The average molecular weight is 302 g/mol. The molecular weight excluding hydrogens is 292 g/mol. The Bertz CT molecular complexity index is 852. The highest BCUT2D eigenvalue weighted by Gasteiger charge is 2.36. The molecule has 0 aliphatic heterocycles. The number of aliphatic hydroxyl groups is 1. The number of hydrogen-bond acceptors (Lipinski definition) is 7. The highest BCUT2D eigenvalue weighted by atomic mass is 16.3. The first-order chi connectivity index (χ1) is 10.4. The zero-order valence-corrected chi connectivity index (χ0v) is 11.0. The van der Waals surface area contributed by atoms with Gasteiger partial charge in [-0.1, -0.05) is 0 Å². The van der Waals surface area contributed by atoms with E-state index in [9.17, 15) is 30.0 Å². The Morgan fingerprint density at radius 1 is 0.727 bits per heavy atom. The zero-order chi connectivity index (χ0) is 16.2. The summed E-state index contributed by atoms with van der Waals surface area (Å²) in [5, 5.41) is 47.9. The molecular formula is C15H10O7. The molecule has 0 unspecified atom stereocenters. The van der Waals surface area contributed by atoms with Crippen LogP contribution < -0.4 is 0 Å². The summed E-state index contributed by atoms with van der Waals surface area (Å²) in [6, 6.07) is 3.25. The molecule has 0 aromatic heterocycles. The van der Waals surface area contributed by atoms with Crippen molar-refractivity contribution in [1.29, 1.82) is 0 Å². The van der Waals surface area contributed by atoms with E-state index in [4.69, 9.17) is 5.11 Å². The summed E-state index contributed by atoms with van der Waals surface area (Å²) in [7, 11) is 0. The summed E-state index contributed by atoms with van der Waals surface area (Å²) < 4.78 is 0. The largest absolute Gasteiger partial charge is 0.507 e. The number of phenols is 4. The lowest BCUT2D eigenvalue weighted by Gasteiger charge is -2.20. The minimum Gasteiger partial charge on any atom is -0.507 e. The molecule has 0 heterocycles. The van der Waals surface area contributed by atoms with E-state index in [-0.39, 0.29) is 22.3 Å². The van der Waals surface area contributed by atoms with E-state index in [1.165, 1.54) is 6.07 Å². The molecule has 0 amide bonds. The zero-order valence-electron chi connectivity index (χ0n) is 11.0. The van der Waals surface area contributed by atoms with Gasteiger partial charge in [-0.3, -0.25) is 9.59 Å². The Kier molecular flexibility index (Phi) is 2.82. The van der Waals surface area contributed by atoms with E-state index >= 15 is 0 Å². The van der Waals surface area contributed by atoms with Crippen molar-refractivity contribution in [2.24, 2.45) is 0 Å². The number of phenolic OH excluding ortho intramolecular Hbond substituents is 4. The van der Waals surface area contributed by atoms with E-state index in [2.05, 4.69) is 0 Å². The average Bonchev–Trinajstić information content (AvgIpc) is 2.49. The Morgan fingerprint density at radius 3 is 2.00 bits per heavy atom. The van der Waals surface area contributed by atoms with Crippen LogP contribution in [-0.4, -0.2) is 37.1 Å². The smallest absolute Gasteiger partial charge is 0.202 e. The molecule has 0 atom stereocenters. The van der Waals surface area contributed by atoms with Gasteiger partial charge in [0.05, 0.1) is 17.7 Å². The fourth-order valence-corrected chi connectivity index (χ4v) is 2.52. The molecule has 7 nitrogen and oxygen atoms in total. The Balaban J connectivity index is 2.38. The number of benzene rings is 2. The van der Waals surface area contributed by atoms with Gasteiger partial charge in [0.25, 0.3) is 0 Å². The molecule has 0 fully saturated rings. The second kappa shape index (κ2) is 4.47. The lowest BCUT2D eigenvalue weighted by atomic mass is 9.82. The molecule has 112 valence electrons. The topological polar surface area (TPSA) is 135 Å². The number of carbonyl (C=O) groups excluding carboxylic acids is 2. The van der Waals surface area contributed by atoms with E-state index < -0.39 is 46.7 Å². The highest BCUT2D eigenvalue weighted by molar-refractivity contribution is 6.30. The van der Waals surface area contributed by atoms with Crippen LogP contribution in [0.3, 0.4) is 0 Å². The molecule has 2 aromatic carbocycles. The van der Waals surface area contributed by atoms with Crippen molar-refractivity contribution in [3.8, 4) is 23.0 Å². The van der Waals surface area contributed by atoms with Crippen molar-refractivity contribution in [2.45, 2.75) is 6.61 Å². The van der Waals surface area contributed by atoms with E-state index in [0.29, 0.717) is 0 Å². The van der Waals surface area contributed by atoms with Crippen molar-refractivity contribution in [3.63, 3.8) is 0 Å². The first-order valence-electron chi connectivity index (χ1n) is 6.20. The molecule has 22 heavy (non-hydrogen) atoms. The van der Waals surface area contributed by atoms with Crippen molar-refractivity contribution >= 4 is 11.6 Å². The van der Waals surface area contributed by atoms with Crippen molar-refractivity contribution in [1.82, 2.24) is 0 Å². The van der Waals surface area contributed by atoms with Crippen molar-refractivity contribution in [2.75, 3.05) is 0 Å². The van der Waals surface area contributed by atoms with Gasteiger partial charge in [-0.2, -0.15) is 0 Å². The predicted octanol–water partition coefficient (Wildman–Crippen LogP) is 0.777. The van der Waals surface area contributed by atoms with E-state index in [1.54, 1.807) is 0 Å². The second-order valence-electron chi connectivity index (χ2n) is 4.87. The predicted molar refractivity (Wildman–Crippen MR) is 72.3 cm³/mol. The first-order valence-corrected chi connectivity index (χ1v) is 6.20. The number of aliphatic hydroxyl groups excluding tert-OH is 1. The van der Waals surface area contributed by atoms with Gasteiger partial charge in [0.2, 0.25) is 11.5 Å². The van der Waals surface area contributed by atoms with Crippen LogP contribution in [0.25, 0.3) is 0 Å². The van der Waals surface area contributed by atoms with Crippen LogP contribution in [0.1, 0.15) is 37.4 Å². The van der Waals surface area contributed by atoms with Crippen LogP contribution in [-0.2, 0) is 6.61 Å². The number of rotatable bonds is 1. The summed E-state index contributed by atoms with van der Waals surface area (Å²) >= 11 is 0. The molecule has 3 rings (SSSR count). The number of aromatic hydroxyl groups is 4. The van der Waals surface area contributed by atoms with Crippen LogP contribution in [0.4, 0.5) is 0 Å². The highest BCUT2D eigenvalue weighted by Crippen LogP contribution is 2.45. The lowest BCUT2D eigenvalue weighted by molar-refractivity contribution is 0.0973. The lowest BCUT2D eigenvalue weighted by Crippen LogP contribution is -2.21. The molecule has 0 saturated heterocycles. The SMILES string of the molecule is O=C1c2cc(CO)cc(O)c2C(=O)c2c1cc(O)c(O)c2O. The Hall–Kier alpha value is -3.06. The van der Waals surface area contributed by atoms with Crippen molar-refractivity contribution in [3.05, 3.63) is 46.0 Å². The monoisotopic (exact) mass is 302 g/mol. The number of fused-ring (bicyclic) bond motifs is 2. The van der Waals surface area contributed by atoms with Gasteiger partial charge in [0.15, 0.2) is 17.3 Å². The summed E-state index contributed by atoms with van der Waals surface area (Å²) in [6.45, 7) is -0.443. The number of hydrogen-bond donors (Lipinski definition) is 5. The maximum atomic E-state index is 12.4. The summed E-state index contributed by atoms with van der Waals surface area (Å²) in [5.41, 5.74) is -1.02.